The van der Waals surface area contributed by atoms with Gasteiger partial charge in [-0.2, -0.15) is 0 Å². The molecule has 1 saturated carbocycles. The van der Waals surface area contributed by atoms with Crippen LogP contribution in [0.3, 0.4) is 0 Å². The molecular weight excluding hydrogens is 210 g/mol. The lowest BCUT2D eigenvalue weighted by atomic mass is 10.1. The predicted molar refractivity (Wildman–Crippen MR) is 56.0 cm³/mol. The van der Waals surface area contributed by atoms with Crippen molar-refractivity contribution >= 4 is 12.1 Å². The van der Waals surface area contributed by atoms with Crippen LogP contribution in [0.25, 0.3) is 0 Å². The van der Waals surface area contributed by atoms with Crippen molar-refractivity contribution in [3.8, 4) is 0 Å². The summed E-state index contributed by atoms with van der Waals surface area (Å²) >= 11 is 0. The summed E-state index contributed by atoms with van der Waals surface area (Å²) in [5.41, 5.74) is -1.20. The average Bonchev–Trinajstić information content (AvgIpc) is 2.67. The SMILES string of the molecule is CC(C)(C)OC(=O)N1CC2C[C@]2(C(=O)O)C1. The van der Waals surface area contributed by atoms with E-state index >= 15 is 0 Å². The first-order valence-electron chi connectivity index (χ1n) is 5.46. The fourth-order valence-corrected chi connectivity index (χ4v) is 2.28. The Labute approximate surface area is 94.4 Å². The molecule has 90 valence electrons. The van der Waals surface area contributed by atoms with Crippen LogP contribution in [0.5, 0.6) is 0 Å². The van der Waals surface area contributed by atoms with Gasteiger partial charge in [0.1, 0.15) is 5.60 Å². The molecule has 1 unspecified atom stereocenters. The third-order valence-electron chi connectivity index (χ3n) is 3.22. The number of fused-ring (bicyclic) bond motifs is 1. The fraction of sp³-hybridized carbons (Fsp3) is 0.818. The van der Waals surface area contributed by atoms with Gasteiger partial charge in [-0.25, -0.2) is 4.79 Å². The highest BCUT2D eigenvalue weighted by molar-refractivity contribution is 5.82. The Hall–Kier alpha value is -1.26. The van der Waals surface area contributed by atoms with E-state index in [0.29, 0.717) is 19.5 Å². The predicted octanol–water partition coefficient (Wildman–Crippen LogP) is 1.33. The number of hydrogen-bond donors (Lipinski definition) is 1. The van der Waals surface area contributed by atoms with Gasteiger partial charge in [0.2, 0.25) is 0 Å². The lowest BCUT2D eigenvalue weighted by Gasteiger charge is -2.25. The van der Waals surface area contributed by atoms with Crippen LogP contribution in [0.1, 0.15) is 27.2 Å². The molecule has 0 radical (unpaired) electrons. The largest absolute Gasteiger partial charge is 0.481 e. The molecule has 0 aromatic heterocycles. The molecule has 1 heterocycles. The van der Waals surface area contributed by atoms with Crippen LogP contribution in [0.15, 0.2) is 0 Å². The van der Waals surface area contributed by atoms with Crippen molar-refractivity contribution in [2.75, 3.05) is 13.1 Å². The van der Waals surface area contributed by atoms with E-state index in [9.17, 15) is 9.59 Å². The van der Waals surface area contributed by atoms with E-state index in [1.807, 2.05) is 0 Å². The van der Waals surface area contributed by atoms with Crippen LogP contribution >= 0.6 is 0 Å². The molecule has 2 rings (SSSR count). The van der Waals surface area contributed by atoms with Crippen molar-refractivity contribution in [1.82, 2.24) is 4.90 Å². The van der Waals surface area contributed by atoms with Gasteiger partial charge in [0.25, 0.3) is 0 Å². The van der Waals surface area contributed by atoms with Gasteiger partial charge < -0.3 is 14.7 Å². The Morgan fingerprint density at radius 2 is 2.06 bits per heavy atom. The summed E-state index contributed by atoms with van der Waals surface area (Å²) in [5.74, 6) is -0.666. The van der Waals surface area contributed by atoms with Gasteiger partial charge in [-0.3, -0.25) is 4.79 Å². The zero-order valence-electron chi connectivity index (χ0n) is 9.82. The minimum absolute atomic E-state index is 0.123. The number of piperidine rings is 1. The Bertz CT molecular complexity index is 346. The molecule has 2 atom stereocenters. The minimum atomic E-state index is -0.788. The van der Waals surface area contributed by atoms with Crippen LogP contribution in [0, 0.1) is 11.3 Å². The summed E-state index contributed by atoms with van der Waals surface area (Å²) in [6.45, 7) is 6.21. The van der Waals surface area contributed by atoms with Crippen LogP contribution in [0.2, 0.25) is 0 Å². The van der Waals surface area contributed by atoms with Gasteiger partial charge in [0.05, 0.1) is 5.41 Å². The minimum Gasteiger partial charge on any atom is -0.481 e. The van der Waals surface area contributed by atoms with Crippen molar-refractivity contribution in [3.63, 3.8) is 0 Å². The molecule has 1 aliphatic carbocycles. The van der Waals surface area contributed by atoms with Crippen LogP contribution < -0.4 is 0 Å². The maximum Gasteiger partial charge on any atom is 0.410 e. The van der Waals surface area contributed by atoms with Gasteiger partial charge in [-0.15, -0.1) is 0 Å². The topological polar surface area (TPSA) is 66.8 Å². The molecule has 0 aromatic rings. The number of rotatable bonds is 1. The van der Waals surface area contributed by atoms with Crippen molar-refractivity contribution in [2.24, 2.45) is 11.3 Å². The zero-order chi connectivity index (χ0) is 12.1. The molecule has 0 aromatic carbocycles. The summed E-state index contributed by atoms with van der Waals surface area (Å²) < 4.78 is 5.21. The summed E-state index contributed by atoms with van der Waals surface area (Å²) in [4.78, 5) is 24.2. The van der Waals surface area contributed by atoms with Crippen molar-refractivity contribution < 1.29 is 19.4 Å². The number of aliphatic carboxylic acids is 1. The number of carboxylic acids is 1. The van der Waals surface area contributed by atoms with E-state index in [1.54, 1.807) is 20.8 Å². The van der Waals surface area contributed by atoms with Gasteiger partial charge in [0, 0.05) is 13.1 Å². The Morgan fingerprint density at radius 3 is 2.50 bits per heavy atom. The first-order chi connectivity index (χ1) is 7.24. The maximum absolute atomic E-state index is 11.7. The highest BCUT2D eigenvalue weighted by atomic mass is 16.6. The zero-order valence-corrected chi connectivity index (χ0v) is 9.82. The number of nitrogens with zero attached hydrogens (tertiary/aromatic N) is 1. The lowest BCUT2D eigenvalue weighted by Crippen LogP contribution is -2.38. The molecule has 2 fully saturated rings. The fourth-order valence-electron chi connectivity index (χ4n) is 2.28. The molecular formula is C11H17NO4. The second kappa shape index (κ2) is 3.12. The molecule has 1 N–H and O–H groups in total. The highest BCUT2D eigenvalue weighted by Gasteiger charge is 2.66. The number of carbonyl (C=O) groups excluding carboxylic acids is 1. The van der Waals surface area contributed by atoms with Crippen molar-refractivity contribution in [1.29, 1.82) is 0 Å². The van der Waals surface area contributed by atoms with E-state index < -0.39 is 23.1 Å². The Kier molecular flexibility index (Phi) is 2.19. The van der Waals surface area contributed by atoms with E-state index in [0.717, 1.165) is 0 Å². The normalized spacial score (nSPS) is 32.2. The second-order valence-electron chi connectivity index (χ2n) is 5.72. The smallest absolute Gasteiger partial charge is 0.410 e. The quantitative estimate of drug-likeness (QED) is 0.733. The number of likely N-dealkylation sites (tertiary alicyclic amines) is 1. The first-order valence-corrected chi connectivity index (χ1v) is 5.46. The Morgan fingerprint density at radius 1 is 1.44 bits per heavy atom. The number of hydrogen-bond acceptors (Lipinski definition) is 3. The van der Waals surface area contributed by atoms with Gasteiger partial charge >= 0.3 is 12.1 Å². The van der Waals surface area contributed by atoms with Crippen LogP contribution in [-0.4, -0.2) is 40.8 Å². The third-order valence-corrected chi connectivity index (χ3v) is 3.22. The monoisotopic (exact) mass is 227 g/mol. The number of carboxylic acid groups (broad SMARTS) is 1. The number of carbonyl (C=O) groups is 2. The Balaban J connectivity index is 1.96. The van der Waals surface area contributed by atoms with Gasteiger partial charge in [-0.05, 0) is 33.1 Å². The third kappa shape index (κ3) is 1.74. The standard InChI is InChI=1S/C11H17NO4/c1-10(2,3)16-9(15)12-5-7-4-11(7,6-12)8(13)14/h7H,4-6H2,1-3H3,(H,13,14)/t7?,11-/m0/s1. The maximum atomic E-state index is 11.7. The van der Waals surface area contributed by atoms with Crippen molar-refractivity contribution in [3.05, 3.63) is 0 Å². The van der Waals surface area contributed by atoms with Gasteiger partial charge in [-0.1, -0.05) is 0 Å². The van der Waals surface area contributed by atoms with Crippen LogP contribution in [0.4, 0.5) is 4.79 Å². The van der Waals surface area contributed by atoms with E-state index in [2.05, 4.69) is 0 Å². The molecule has 5 heteroatoms. The average molecular weight is 227 g/mol. The summed E-state index contributed by atoms with van der Waals surface area (Å²) in [6.07, 6.45) is 0.294. The van der Waals surface area contributed by atoms with Crippen LogP contribution in [-0.2, 0) is 9.53 Å². The molecule has 2 aliphatic rings. The first kappa shape index (κ1) is 11.2. The van der Waals surface area contributed by atoms with Gasteiger partial charge in [0.15, 0.2) is 0 Å². The van der Waals surface area contributed by atoms with E-state index in [1.165, 1.54) is 4.90 Å². The summed E-state index contributed by atoms with van der Waals surface area (Å²) in [5, 5.41) is 9.07. The summed E-state index contributed by atoms with van der Waals surface area (Å²) in [7, 11) is 0. The molecule has 0 spiro atoms. The van der Waals surface area contributed by atoms with E-state index in [-0.39, 0.29) is 5.92 Å². The van der Waals surface area contributed by atoms with Crippen molar-refractivity contribution in [2.45, 2.75) is 32.8 Å². The molecule has 0 bridgehead atoms. The molecule has 5 nitrogen and oxygen atoms in total. The second-order valence-corrected chi connectivity index (χ2v) is 5.72. The lowest BCUT2D eigenvalue weighted by molar-refractivity contribution is -0.143. The molecule has 1 saturated heterocycles. The summed E-state index contributed by atoms with van der Waals surface area (Å²) in [6, 6.07) is 0. The number of ether oxygens (including phenoxy) is 1. The highest BCUT2D eigenvalue weighted by Crippen LogP contribution is 2.57. The molecule has 1 aliphatic heterocycles. The molecule has 1 amide bonds. The van der Waals surface area contributed by atoms with E-state index in [4.69, 9.17) is 9.84 Å². The molecule has 16 heavy (non-hydrogen) atoms. The number of amides is 1.